The van der Waals surface area contributed by atoms with E-state index in [1.54, 1.807) is 0 Å². The number of carbonyl (C=O) groups excluding carboxylic acids is 2. The zero-order valence-corrected chi connectivity index (χ0v) is 16.9. The van der Waals surface area contributed by atoms with Crippen LogP contribution in [-0.4, -0.2) is 28.1 Å². The summed E-state index contributed by atoms with van der Waals surface area (Å²) in [5, 5.41) is 14.9. The first-order valence-corrected chi connectivity index (χ1v) is 9.42. The average molecular weight is 375 g/mol. The molecule has 0 aliphatic heterocycles. The van der Waals surface area contributed by atoms with E-state index in [9.17, 15) is 9.59 Å². The maximum absolute atomic E-state index is 12.6. The highest BCUT2D eigenvalue weighted by atomic mass is 32.1. The van der Waals surface area contributed by atoms with Crippen molar-refractivity contribution in [2.75, 3.05) is 5.32 Å². The normalized spacial score (nSPS) is 12.7. The van der Waals surface area contributed by atoms with E-state index in [4.69, 9.17) is 0 Å². The molecule has 6 nitrogen and oxygen atoms in total. The molecule has 2 N–H and O–H groups in total. The smallest absolute Gasteiger partial charge is 0.249 e. The summed E-state index contributed by atoms with van der Waals surface area (Å²) >= 11 is 1.31. The first-order chi connectivity index (χ1) is 12.1. The second kappa shape index (κ2) is 7.95. The van der Waals surface area contributed by atoms with Crippen molar-refractivity contribution in [2.45, 2.75) is 47.6 Å². The number of aryl methyl sites for hydroxylation is 1. The molecule has 0 unspecified atom stereocenters. The van der Waals surface area contributed by atoms with E-state index in [-0.39, 0.29) is 17.7 Å². The molecule has 0 aliphatic carbocycles. The third kappa shape index (κ3) is 5.11. The highest BCUT2D eigenvalue weighted by molar-refractivity contribution is 7.18. The second-order valence-corrected chi connectivity index (χ2v) is 8.69. The van der Waals surface area contributed by atoms with Crippen molar-refractivity contribution in [2.24, 2.45) is 11.3 Å². The topological polar surface area (TPSA) is 84.0 Å². The summed E-state index contributed by atoms with van der Waals surface area (Å²) in [4.78, 5) is 24.9. The number of rotatable bonds is 5. The highest BCUT2D eigenvalue weighted by Gasteiger charge is 2.30. The Balaban J connectivity index is 2.10. The summed E-state index contributed by atoms with van der Waals surface area (Å²) in [5.74, 6) is -0.501. The predicted octanol–water partition coefficient (Wildman–Crippen LogP) is 3.64. The van der Waals surface area contributed by atoms with E-state index < -0.39 is 11.5 Å². The van der Waals surface area contributed by atoms with Crippen molar-refractivity contribution < 1.29 is 9.59 Å². The van der Waals surface area contributed by atoms with E-state index in [0.717, 1.165) is 10.6 Å². The second-order valence-electron chi connectivity index (χ2n) is 7.71. The molecule has 2 aromatic rings. The number of nitrogens with zero attached hydrogens (tertiary/aromatic N) is 2. The van der Waals surface area contributed by atoms with Crippen molar-refractivity contribution in [3.05, 3.63) is 29.8 Å². The zero-order valence-electron chi connectivity index (χ0n) is 16.1. The van der Waals surface area contributed by atoms with Crippen LogP contribution >= 0.6 is 11.3 Å². The van der Waals surface area contributed by atoms with Crippen molar-refractivity contribution in [1.82, 2.24) is 15.5 Å². The van der Waals surface area contributed by atoms with E-state index in [2.05, 4.69) is 20.8 Å². The lowest BCUT2D eigenvalue weighted by Crippen LogP contribution is -2.50. The molecule has 140 valence electrons. The molecule has 1 atom stereocenters. The summed E-state index contributed by atoms with van der Waals surface area (Å²) in [6.07, 6.45) is 0. The lowest BCUT2D eigenvalue weighted by molar-refractivity contribution is -0.132. The molecule has 0 spiro atoms. The Morgan fingerprint density at radius 2 is 1.69 bits per heavy atom. The van der Waals surface area contributed by atoms with Gasteiger partial charge in [0.15, 0.2) is 0 Å². The maximum Gasteiger partial charge on any atom is 0.249 e. The van der Waals surface area contributed by atoms with E-state index in [1.165, 1.54) is 16.9 Å². The fourth-order valence-corrected chi connectivity index (χ4v) is 2.91. The van der Waals surface area contributed by atoms with Gasteiger partial charge in [-0.1, -0.05) is 75.8 Å². The Kier molecular flexibility index (Phi) is 6.13. The van der Waals surface area contributed by atoms with Crippen molar-refractivity contribution >= 4 is 28.3 Å². The molecule has 1 aromatic heterocycles. The molecule has 0 aliphatic rings. The van der Waals surface area contributed by atoms with Gasteiger partial charge in [-0.15, -0.1) is 10.2 Å². The van der Waals surface area contributed by atoms with Crippen LogP contribution < -0.4 is 10.6 Å². The summed E-state index contributed by atoms with van der Waals surface area (Å²) in [7, 11) is 0. The van der Waals surface area contributed by atoms with Gasteiger partial charge in [-0.3, -0.25) is 14.9 Å². The summed E-state index contributed by atoms with van der Waals surface area (Å²) in [5.41, 5.74) is 1.56. The van der Waals surface area contributed by atoms with E-state index in [1.807, 2.05) is 65.8 Å². The molecule has 0 bridgehead atoms. The van der Waals surface area contributed by atoms with E-state index >= 15 is 0 Å². The van der Waals surface area contributed by atoms with Crippen LogP contribution in [0.2, 0.25) is 0 Å². The van der Waals surface area contributed by atoms with Crippen molar-refractivity contribution in [1.29, 1.82) is 0 Å². The van der Waals surface area contributed by atoms with Gasteiger partial charge in [0, 0.05) is 11.0 Å². The highest BCUT2D eigenvalue weighted by Crippen LogP contribution is 2.26. The molecule has 2 rings (SSSR count). The maximum atomic E-state index is 12.6. The van der Waals surface area contributed by atoms with Crippen LogP contribution in [-0.2, 0) is 9.59 Å². The Bertz CT molecular complexity index is 776. The van der Waals surface area contributed by atoms with Gasteiger partial charge >= 0.3 is 0 Å². The minimum atomic E-state index is -0.631. The SMILES string of the molecule is Cc1ccc(-c2nnc(NC(=O)[C@@H](NC(=O)C(C)(C)C)C(C)C)s2)cc1. The van der Waals surface area contributed by atoms with Gasteiger partial charge in [-0.05, 0) is 12.8 Å². The first-order valence-electron chi connectivity index (χ1n) is 8.60. The molecule has 0 radical (unpaired) electrons. The third-order valence-electron chi connectivity index (χ3n) is 3.87. The van der Waals surface area contributed by atoms with Crippen molar-refractivity contribution in [3.8, 4) is 10.6 Å². The lowest BCUT2D eigenvalue weighted by atomic mass is 9.93. The summed E-state index contributed by atoms with van der Waals surface area (Å²) in [6, 6.07) is 7.33. The van der Waals surface area contributed by atoms with Gasteiger partial charge in [0.1, 0.15) is 11.0 Å². The van der Waals surface area contributed by atoms with Crippen LogP contribution in [0.15, 0.2) is 24.3 Å². The molecule has 1 heterocycles. The first kappa shape index (κ1) is 20.0. The summed E-state index contributed by atoms with van der Waals surface area (Å²) < 4.78 is 0. The molecule has 26 heavy (non-hydrogen) atoms. The number of hydrogen-bond acceptors (Lipinski definition) is 5. The van der Waals surface area contributed by atoms with Gasteiger partial charge in [0.25, 0.3) is 0 Å². The Hall–Kier alpha value is -2.28. The zero-order chi connectivity index (χ0) is 19.5. The number of hydrogen-bond donors (Lipinski definition) is 2. The van der Waals surface area contributed by atoms with Crippen molar-refractivity contribution in [3.63, 3.8) is 0 Å². The van der Waals surface area contributed by atoms with Gasteiger partial charge < -0.3 is 5.32 Å². The molecule has 2 amide bonds. The fourth-order valence-electron chi connectivity index (χ4n) is 2.16. The van der Waals surface area contributed by atoms with Crippen LogP contribution in [0.5, 0.6) is 0 Å². The van der Waals surface area contributed by atoms with Gasteiger partial charge in [0.2, 0.25) is 16.9 Å². The minimum Gasteiger partial charge on any atom is -0.344 e. The van der Waals surface area contributed by atoms with Gasteiger partial charge in [0.05, 0.1) is 0 Å². The van der Waals surface area contributed by atoms with Crippen LogP contribution in [0, 0.1) is 18.3 Å². The molecule has 0 fully saturated rings. The molecule has 0 saturated carbocycles. The number of amides is 2. The largest absolute Gasteiger partial charge is 0.344 e. The number of nitrogens with one attached hydrogen (secondary N) is 2. The number of aromatic nitrogens is 2. The van der Waals surface area contributed by atoms with Crippen LogP contribution in [0.25, 0.3) is 10.6 Å². The van der Waals surface area contributed by atoms with Crippen LogP contribution in [0.3, 0.4) is 0 Å². The monoisotopic (exact) mass is 374 g/mol. The fraction of sp³-hybridized carbons (Fsp3) is 0.474. The standard InChI is InChI=1S/C19H26N4O2S/c1-11(2)14(20-17(25)19(4,5)6)15(24)21-18-23-22-16(26-18)13-9-7-12(3)8-10-13/h7-11,14H,1-6H3,(H,20,25)(H,21,23,24)/t14-/m0/s1. The Morgan fingerprint density at radius 3 is 2.23 bits per heavy atom. The predicted molar refractivity (Wildman–Crippen MR) is 105 cm³/mol. The Morgan fingerprint density at radius 1 is 1.08 bits per heavy atom. The number of benzene rings is 1. The molecular formula is C19H26N4O2S. The molecule has 1 aromatic carbocycles. The average Bonchev–Trinajstić information content (AvgIpc) is 3.00. The lowest BCUT2D eigenvalue weighted by Gasteiger charge is -2.25. The van der Waals surface area contributed by atoms with Crippen LogP contribution in [0.4, 0.5) is 5.13 Å². The minimum absolute atomic E-state index is 0.0502. The molecule has 0 saturated heterocycles. The Labute approximate surface area is 158 Å². The summed E-state index contributed by atoms with van der Waals surface area (Å²) in [6.45, 7) is 11.3. The van der Waals surface area contributed by atoms with Crippen LogP contribution in [0.1, 0.15) is 40.2 Å². The van der Waals surface area contributed by atoms with Gasteiger partial charge in [-0.2, -0.15) is 0 Å². The number of anilines is 1. The molecular weight excluding hydrogens is 348 g/mol. The molecule has 7 heteroatoms. The number of carbonyl (C=O) groups is 2. The quantitative estimate of drug-likeness (QED) is 0.837. The third-order valence-corrected chi connectivity index (χ3v) is 4.76. The van der Waals surface area contributed by atoms with E-state index in [0.29, 0.717) is 5.13 Å². The van der Waals surface area contributed by atoms with Gasteiger partial charge in [-0.25, -0.2) is 0 Å².